The van der Waals surface area contributed by atoms with Crippen LogP contribution in [0.25, 0.3) is 11.0 Å². The van der Waals surface area contributed by atoms with E-state index in [2.05, 4.69) is 8.75 Å². The highest BCUT2D eigenvalue weighted by atomic mass is 32.2. The number of aromatic nitrogens is 2. The summed E-state index contributed by atoms with van der Waals surface area (Å²) in [6.07, 6.45) is 0. The van der Waals surface area contributed by atoms with Gasteiger partial charge in [0.2, 0.25) is 15.9 Å². The van der Waals surface area contributed by atoms with Crippen molar-refractivity contribution in [2.45, 2.75) is 22.0 Å². The summed E-state index contributed by atoms with van der Waals surface area (Å²) in [5, 5.41) is -0.226. The van der Waals surface area contributed by atoms with Gasteiger partial charge in [-0.15, -0.1) is 11.8 Å². The second kappa shape index (κ2) is 8.39. The highest BCUT2D eigenvalue weighted by molar-refractivity contribution is 8.00. The van der Waals surface area contributed by atoms with Crippen LogP contribution in [0.1, 0.15) is 6.92 Å². The van der Waals surface area contributed by atoms with E-state index in [0.29, 0.717) is 24.1 Å². The van der Waals surface area contributed by atoms with Crippen molar-refractivity contribution < 1.29 is 13.2 Å². The number of rotatable bonds is 5. The van der Waals surface area contributed by atoms with Crippen molar-refractivity contribution in [2.75, 3.05) is 26.2 Å². The van der Waals surface area contributed by atoms with Gasteiger partial charge in [-0.2, -0.15) is 13.1 Å². The molecule has 1 atom stereocenters. The minimum absolute atomic E-state index is 0.0294. The van der Waals surface area contributed by atoms with Crippen LogP contribution in [0.3, 0.4) is 0 Å². The molecule has 1 unspecified atom stereocenters. The lowest BCUT2D eigenvalue weighted by Crippen LogP contribution is -2.52. The molecule has 0 N–H and O–H groups in total. The van der Waals surface area contributed by atoms with Crippen LogP contribution in [-0.4, -0.2) is 63.7 Å². The van der Waals surface area contributed by atoms with E-state index in [4.69, 9.17) is 0 Å². The topological polar surface area (TPSA) is 83.5 Å². The first-order valence-corrected chi connectivity index (χ1v) is 12.2. The van der Waals surface area contributed by atoms with Crippen LogP contribution in [0.5, 0.6) is 0 Å². The van der Waals surface area contributed by atoms with Gasteiger partial charge in [-0.1, -0.05) is 24.3 Å². The molecular weight excluding hydrogens is 428 g/mol. The summed E-state index contributed by atoms with van der Waals surface area (Å²) < 4.78 is 35.9. The average Bonchev–Trinajstić information content (AvgIpc) is 3.23. The Morgan fingerprint density at radius 2 is 1.76 bits per heavy atom. The molecule has 1 saturated heterocycles. The molecule has 7 nitrogen and oxygen atoms in total. The predicted molar refractivity (Wildman–Crippen MR) is 115 cm³/mol. The van der Waals surface area contributed by atoms with Gasteiger partial charge in [0.25, 0.3) is 0 Å². The summed E-state index contributed by atoms with van der Waals surface area (Å²) in [4.78, 5) is 15.8. The number of carbonyl (C=O) groups is 1. The first-order chi connectivity index (χ1) is 14.0. The van der Waals surface area contributed by atoms with Gasteiger partial charge < -0.3 is 4.90 Å². The molecule has 0 bridgehead atoms. The van der Waals surface area contributed by atoms with Gasteiger partial charge in [-0.25, -0.2) is 8.42 Å². The van der Waals surface area contributed by atoms with Crippen molar-refractivity contribution in [3.63, 3.8) is 0 Å². The largest absolute Gasteiger partial charge is 0.339 e. The number of amides is 1. The molecule has 1 fully saturated rings. The third-order valence-corrected chi connectivity index (χ3v) is 8.39. The molecule has 1 amide bonds. The molecule has 0 radical (unpaired) electrons. The Bertz CT molecular complexity index is 1110. The summed E-state index contributed by atoms with van der Waals surface area (Å²) in [6.45, 7) is 3.18. The number of piperazine rings is 1. The lowest BCUT2D eigenvalue weighted by Gasteiger charge is -2.35. The molecule has 1 aliphatic heterocycles. The van der Waals surface area contributed by atoms with Crippen LogP contribution in [0, 0.1) is 0 Å². The molecule has 0 aliphatic carbocycles. The SMILES string of the molecule is CC(Sc1ccccc1)C(=O)N1CCN(S(=O)(=O)c2cccc3nsnc23)CC1. The first-order valence-electron chi connectivity index (χ1n) is 9.19. The molecule has 1 aliphatic rings. The van der Waals surface area contributed by atoms with Crippen molar-refractivity contribution in [3.05, 3.63) is 48.5 Å². The van der Waals surface area contributed by atoms with Crippen molar-refractivity contribution in [1.82, 2.24) is 18.0 Å². The van der Waals surface area contributed by atoms with E-state index >= 15 is 0 Å². The highest BCUT2D eigenvalue weighted by Crippen LogP contribution is 2.27. The predicted octanol–water partition coefficient (Wildman–Crippen LogP) is 2.71. The number of fused-ring (bicyclic) bond motifs is 1. The van der Waals surface area contributed by atoms with Crippen molar-refractivity contribution in [2.24, 2.45) is 0 Å². The first kappa shape index (κ1) is 20.3. The Morgan fingerprint density at radius 1 is 1.03 bits per heavy atom. The maximum Gasteiger partial charge on any atom is 0.245 e. The fourth-order valence-electron chi connectivity index (χ4n) is 3.29. The Balaban J connectivity index is 1.42. The fraction of sp³-hybridized carbons (Fsp3) is 0.316. The second-order valence-electron chi connectivity index (χ2n) is 6.69. The molecule has 2 aromatic carbocycles. The molecule has 4 rings (SSSR count). The van der Waals surface area contributed by atoms with Gasteiger partial charge in [0.15, 0.2) is 0 Å². The molecular formula is C19H20N4O3S3. The Kier molecular flexibility index (Phi) is 5.86. The van der Waals surface area contributed by atoms with Gasteiger partial charge in [0.05, 0.1) is 17.0 Å². The maximum absolute atomic E-state index is 13.1. The van der Waals surface area contributed by atoms with Crippen LogP contribution < -0.4 is 0 Å². The van der Waals surface area contributed by atoms with E-state index in [-0.39, 0.29) is 29.1 Å². The quantitative estimate of drug-likeness (QED) is 0.558. The molecule has 0 saturated carbocycles. The third-order valence-electron chi connectivity index (χ3n) is 4.82. The lowest BCUT2D eigenvalue weighted by molar-refractivity contribution is -0.131. The van der Waals surface area contributed by atoms with E-state index in [1.807, 2.05) is 37.3 Å². The third kappa shape index (κ3) is 4.16. The van der Waals surface area contributed by atoms with Crippen molar-refractivity contribution in [1.29, 1.82) is 0 Å². The summed E-state index contributed by atoms with van der Waals surface area (Å²) in [5.74, 6) is 0.0294. The van der Waals surface area contributed by atoms with Crippen molar-refractivity contribution >= 4 is 50.5 Å². The van der Waals surface area contributed by atoms with Crippen LogP contribution in [-0.2, 0) is 14.8 Å². The van der Waals surface area contributed by atoms with Gasteiger partial charge in [0.1, 0.15) is 15.9 Å². The van der Waals surface area contributed by atoms with Crippen LogP contribution in [0.15, 0.2) is 58.3 Å². The molecule has 1 aromatic heterocycles. The monoisotopic (exact) mass is 448 g/mol. The van der Waals surface area contributed by atoms with Crippen molar-refractivity contribution in [3.8, 4) is 0 Å². The van der Waals surface area contributed by atoms with Crippen LogP contribution >= 0.6 is 23.5 Å². The number of hydrogen-bond acceptors (Lipinski definition) is 7. The Hall–Kier alpha value is -2.01. The minimum Gasteiger partial charge on any atom is -0.339 e. The molecule has 152 valence electrons. The molecule has 2 heterocycles. The maximum atomic E-state index is 13.1. The zero-order valence-corrected chi connectivity index (χ0v) is 18.2. The Labute approximate surface area is 178 Å². The normalized spacial score (nSPS) is 16.8. The smallest absolute Gasteiger partial charge is 0.245 e. The van der Waals surface area contributed by atoms with Gasteiger partial charge in [-0.3, -0.25) is 4.79 Å². The molecule has 10 heteroatoms. The van der Waals surface area contributed by atoms with Crippen LogP contribution in [0.2, 0.25) is 0 Å². The zero-order valence-electron chi connectivity index (χ0n) is 15.8. The molecule has 0 spiro atoms. The second-order valence-corrected chi connectivity index (χ2v) is 10.5. The van der Waals surface area contributed by atoms with Gasteiger partial charge in [-0.05, 0) is 31.2 Å². The van der Waals surface area contributed by atoms with Gasteiger partial charge >= 0.3 is 0 Å². The summed E-state index contributed by atoms with van der Waals surface area (Å²) in [5.41, 5.74) is 0.987. The van der Waals surface area contributed by atoms with E-state index in [9.17, 15) is 13.2 Å². The molecule has 29 heavy (non-hydrogen) atoms. The number of hydrogen-bond donors (Lipinski definition) is 0. The van der Waals surface area contributed by atoms with E-state index in [1.165, 1.54) is 16.1 Å². The summed E-state index contributed by atoms with van der Waals surface area (Å²) in [6, 6.07) is 14.8. The number of sulfonamides is 1. The number of nitrogens with zero attached hydrogens (tertiary/aromatic N) is 4. The zero-order chi connectivity index (χ0) is 20.4. The van der Waals surface area contributed by atoms with E-state index < -0.39 is 10.0 Å². The summed E-state index contributed by atoms with van der Waals surface area (Å²) in [7, 11) is -3.68. The number of thioether (sulfide) groups is 1. The number of carbonyl (C=O) groups excluding carboxylic acids is 1. The number of benzene rings is 2. The minimum atomic E-state index is -3.68. The van der Waals surface area contributed by atoms with E-state index in [1.54, 1.807) is 23.1 Å². The van der Waals surface area contributed by atoms with Gasteiger partial charge in [0, 0.05) is 31.1 Å². The lowest BCUT2D eigenvalue weighted by atomic mass is 10.3. The Morgan fingerprint density at radius 3 is 2.48 bits per heavy atom. The summed E-state index contributed by atoms with van der Waals surface area (Å²) >= 11 is 2.51. The average molecular weight is 449 g/mol. The fourth-order valence-corrected chi connectivity index (χ4v) is 6.44. The van der Waals surface area contributed by atoms with E-state index in [0.717, 1.165) is 16.6 Å². The molecule has 3 aromatic rings. The highest BCUT2D eigenvalue weighted by Gasteiger charge is 2.33. The standard InChI is InChI=1S/C19H20N4O3S3/c1-14(27-15-6-3-2-4-7-15)19(24)22-10-12-23(13-11-22)29(25,26)17-9-5-8-16-18(17)21-28-20-16/h2-9,14H,10-13H2,1H3. The van der Waals surface area contributed by atoms with Crippen LogP contribution in [0.4, 0.5) is 0 Å².